The minimum atomic E-state index is -0.0112. The molecule has 2 aromatic rings. The van der Waals surface area contributed by atoms with Crippen molar-refractivity contribution in [3.05, 3.63) is 24.0 Å². The Bertz CT molecular complexity index is 618. The van der Waals surface area contributed by atoms with Crippen LogP contribution in [0.3, 0.4) is 0 Å². The molecule has 0 bridgehead atoms. The summed E-state index contributed by atoms with van der Waals surface area (Å²) in [6, 6.07) is 5.91. The Morgan fingerprint density at radius 3 is 2.86 bits per heavy atom. The van der Waals surface area contributed by atoms with Crippen LogP contribution in [0.5, 0.6) is 0 Å². The number of hydrogen-bond acceptors (Lipinski definition) is 3. The van der Waals surface area contributed by atoms with Crippen LogP contribution >= 0.6 is 0 Å². The Balaban J connectivity index is 1.93. The van der Waals surface area contributed by atoms with Gasteiger partial charge in [-0.05, 0) is 44.9 Å². The van der Waals surface area contributed by atoms with Gasteiger partial charge in [0.15, 0.2) is 0 Å². The standard InChI is InChI=1S/C16H24N4O/c1-10(5-4-6-11(2)17)16(21)20-13-7-8-14-15(9-13)19-12(3)18-14/h7-11H,4-6,17H2,1-3H3,(H,18,19)(H,20,21). The van der Waals surface area contributed by atoms with Crippen LogP contribution in [0.4, 0.5) is 5.69 Å². The van der Waals surface area contributed by atoms with Crippen molar-refractivity contribution in [2.24, 2.45) is 11.7 Å². The van der Waals surface area contributed by atoms with Gasteiger partial charge < -0.3 is 16.0 Å². The Hall–Kier alpha value is -1.88. The third kappa shape index (κ3) is 4.29. The molecule has 5 heteroatoms. The molecule has 2 unspecified atom stereocenters. The zero-order chi connectivity index (χ0) is 15.4. The van der Waals surface area contributed by atoms with E-state index in [9.17, 15) is 4.79 Å². The molecule has 0 saturated carbocycles. The first-order chi connectivity index (χ1) is 9.95. The highest BCUT2D eigenvalue weighted by atomic mass is 16.1. The predicted octanol–water partition coefficient (Wildman–Crippen LogP) is 2.96. The topological polar surface area (TPSA) is 83.8 Å². The van der Waals surface area contributed by atoms with Crippen molar-refractivity contribution in [1.29, 1.82) is 0 Å². The maximum Gasteiger partial charge on any atom is 0.227 e. The zero-order valence-corrected chi connectivity index (χ0v) is 12.9. The van der Waals surface area contributed by atoms with Crippen LogP contribution in [0.1, 0.15) is 38.9 Å². The lowest BCUT2D eigenvalue weighted by Gasteiger charge is -2.13. The number of aromatic nitrogens is 2. The monoisotopic (exact) mass is 288 g/mol. The van der Waals surface area contributed by atoms with Gasteiger partial charge in [0.1, 0.15) is 5.82 Å². The number of benzene rings is 1. The van der Waals surface area contributed by atoms with E-state index in [0.29, 0.717) is 0 Å². The first kappa shape index (κ1) is 15.5. The van der Waals surface area contributed by atoms with E-state index in [1.54, 1.807) is 0 Å². The van der Waals surface area contributed by atoms with E-state index in [0.717, 1.165) is 41.8 Å². The van der Waals surface area contributed by atoms with Gasteiger partial charge >= 0.3 is 0 Å². The highest BCUT2D eigenvalue weighted by Crippen LogP contribution is 2.18. The summed E-state index contributed by atoms with van der Waals surface area (Å²) in [5.41, 5.74) is 8.38. The second kappa shape index (κ2) is 6.72. The molecule has 2 rings (SSSR count). The molecule has 0 radical (unpaired) electrons. The number of carbonyl (C=O) groups is 1. The Labute approximate surface area is 125 Å². The molecule has 0 aliphatic carbocycles. The number of nitrogens with two attached hydrogens (primary N) is 1. The summed E-state index contributed by atoms with van der Waals surface area (Å²) in [4.78, 5) is 19.7. The molecule has 1 aromatic heterocycles. The number of carbonyl (C=O) groups excluding carboxylic acids is 1. The van der Waals surface area contributed by atoms with Crippen molar-refractivity contribution in [3.8, 4) is 0 Å². The normalized spacial score (nSPS) is 14.1. The average Bonchev–Trinajstić information content (AvgIpc) is 2.77. The van der Waals surface area contributed by atoms with Crippen molar-refractivity contribution < 1.29 is 4.79 Å². The number of aromatic amines is 1. The van der Waals surface area contributed by atoms with Gasteiger partial charge in [-0.25, -0.2) is 4.98 Å². The molecule has 2 atom stereocenters. The smallest absolute Gasteiger partial charge is 0.227 e. The molecule has 1 amide bonds. The number of anilines is 1. The van der Waals surface area contributed by atoms with E-state index < -0.39 is 0 Å². The molecule has 0 saturated heterocycles. The van der Waals surface area contributed by atoms with Crippen LogP contribution in [0.2, 0.25) is 0 Å². The highest BCUT2D eigenvalue weighted by Gasteiger charge is 2.13. The number of nitrogens with one attached hydrogen (secondary N) is 2. The molecule has 4 N–H and O–H groups in total. The van der Waals surface area contributed by atoms with Gasteiger partial charge in [-0.1, -0.05) is 13.3 Å². The molecule has 0 fully saturated rings. The molecule has 21 heavy (non-hydrogen) atoms. The number of rotatable bonds is 6. The fraction of sp³-hybridized carbons (Fsp3) is 0.500. The van der Waals surface area contributed by atoms with Crippen molar-refractivity contribution in [2.75, 3.05) is 5.32 Å². The predicted molar refractivity (Wildman–Crippen MR) is 86.1 cm³/mol. The largest absolute Gasteiger partial charge is 0.342 e. The number of fused-ring (bicyclic) bond motifs is 1. The van der Waals surface area contributed by atoms with Gasteiger partial charge in [0.25, 0.3) is 0 Å². The Morgan fingerprint density at radius 2 is 2.14 bits per heavy atom. The van der Waals surface area contributed by atoms with Crippen LogP contribution in [0.25, 0.3) is 11.0 Å². The average molecular weight is 288 g/mol. The lowest BCUT2D eigenvalue weighted by molar-refractivity contribution is -0.119. The quantitative estimate of drug-likeness (QED) is 0.764. The Kier molecular flexibility index (Phi) is 4.96. The van der Waals surface area contributed by atoms with E-state index in [4.69, 9.17) is 5.73 Å². The second-order valence-corrected chi connectivity index (χ2v) is 5.85. The summed E-state index contributed by atoms with van der Waals surface area (Å²) in [5, 5.41) is 2.96. The number of nitrogens with zero attached hydrogens (tertiary/aromatic N) is 1. The van der Waals surface area contributed by atoms with E-state index in [1.165, 1.54) is 0 Å². The molecule has 0 spiro atoms. The van der Waals surface area contributed by atoms with Crippen LogP contribution in [0.15, 0.2) is 18.2 Å². The molecular weight excluding hydrogens is 264 g/mol. The minimum absolute atomic E-state index is 0.0112. The van der Waals surface area contributed by atoms with E-state index >= 15 is 0 Å². The molecule has 114 valence electrons. The number of hydrogen-bond donors (Lipinski definition) is 3. The number of aryl methyl sites for hydroxylation is 1. The summed E-state index contributed by atoms with van der Waals surface area (Å²) in [7, 11) is 0. The van der Waals surface area contributed by atoms with Crippen LogP contribution < -0.4 is 11.1 Å². The maximum absolute atomic E-state index is 12.2. The van der Waals surface area contributed by atoms with E-state index in [2.05, 4.69) is 15.3 Å². The van der Waals surface area contributed by atoms with Gasteiger partial charge in [-0.3, -0.25) is 4.79 Å². The fourth-order valence-corrected chi connectivity index (χ4v) is 2.36. The SMILES string of the molecule is Cc1nc2ccc(NC(=O)C(C)CCCC(C)N)cc2[nH]1. The summed E-state index contributed by atoms with van der Waals surface area (Å²) < 4.78 is 0. The number of amides is 1. The third-order valence-corrected chi connectivity index (χ3v) is 3.61. The van der Waals surface area contributed by atoms with Gasteiger partial charge in [0, 0.05) is 17.6 Å². The summed E-state index contributed by atoms with van der Waals surface area (Å²) in [6.07, 6.45) is 2.79. The molecule has 0 aliphatic heterocycles. The molecule has 5 nitrogen and oxygen atoms in total. The second-order valence-electron chi connectivity index (χ2n) is 5.85. The van der Waals surface area contributed by atoms with Crippen molar-refractivity contribution in [2.45, 2.75) is 46.1 Å². The Morgan fingerprint density at radius 1 is 1.38 bits per heavy atom. The zero-order valence-electron chi connectivity index (χ0n) is 12.9. The van der Waals surface area contributed by atoms with Crippen molar-refractivity contribution in [1.82, 2.24) is 9.97 Å². The van der Waals surface area contributed by atoms with Gasteiger partial charge in [-0.15, -0.1) is 0 Å². The maximum atomic E-state index is 12.2. The van der Waals surface area contributed by atoms with Crippen LogP contribution in [-0.2, 0) is 4.79 Å². The highest BCUT2D eigenvalue weighted by molar-refractivity contribution is 5.94. The van der Waals surface area contributed by atoms with E-state index in [1.807, 2.05) is 39.0 Å². The summed E-state index contributed by atoms with van der Waals surface area (Å²) in [6.45, 7) is 5.86. The van der Waals surface area contributed by atoms with Crippen LogP contribution in [0, 0.1) is 12.8 Å². The number of H-pyrrole nitrogens is 1. The summed E-state index contributed by atoms with van der Waals surface area (Å²) >= 11 is 0. The van der Waals surface area contributed by atoms with Crippen molar-refractivity contribution in [3.63, 3.8) is 0 Å². The van der Waals surface area contributed by atoms with E-state index in [-0.39, 0.29) is 17.9 Å². The molecular formula is C16H24N4O. The number of imidazole rings is 1. The fourth-order valence-electron chi connectivity index (χ4n) is 2.36. The lowest BCUT2D eigenvalue weighted by atomic mass is 10.0. The molecule has 1 heterocycles. The minimum Gasteiger partial charge on any atom is -0.342 e. The van der Waals surface area contributed by atoms with Gasteiger partial charge in [0.2, 0.25) is 5.91 Å². The first-order valence-corrected chi connectivity index (χ1v) is 7.48. The van der Waals surface area contributed by atoms with Gasteiger partial charge in [-0.2, -0.15) is 0 Å². The molecule has 1 aromatic carbocycles. The molecule has 0 aliphatic rings. The van der Waals surface area contributed by atoms with Crippen LogP contribution in [-0.4, -0.2) is 21.9 Å². The first-order valence-electron chi connectivity index (χ1n) is 7.48. The van der Waals surface area contributed by atoms with Crippen molar-refractivity contribution >= 4 is 22.6 Å². The lowest BCUT2D eigenvalue weighted by Crippen LogP contribution is -2.21. The van der Waals surface area contributed by atoms with Gasteiger partial charge in [0.05, 0.1) is 11.0 Å². The summed E-state index contributed by atoms with van der Waals surface area (Å²) in [5.74, 6) is 0.913. The third-order valence-electron chi connectivity index (χ3n) is 3.61.